The number of benzene rings is 1. The summed E-state index contributed by atoms with van der Waals surface area (Å²) in [5.74, 6) is -0.401. The fourth-order valence-corrected chi connectivity index (χ4v) is 3.87. The first-order valence-corrected chi connectivity index (χ1v) is 9.82. The number of hydrogen-bond acceptors (Lipinski definition) is 3. The van der Waals surface area contributed by atoms with E-state index in [-0.39, 0.29) is 17.9 Å². The van der Waals surface area contributed by atoms with E-state index in [2.05, 4.69) is 17.1 Å². The number of nitrogens with zero attached hydrogens (tertiary/aromatic N) is 2. The number of aryl methyl sites for hydroxylation is 2. The molecule has 0 aliphatic carbocycles. The molecular formula is C22H29N3O3. The third kappa shape index (κ3) is 4.81. The van der Waals surface area contributed by atoms with E-state index >= 15 is 0 Å². The van der Waals surface area contributed by atoms with E-state index in [1.165, 1.54) is 18.4 Å². The normalized spacial score (nSPS) is 15.5. The van der Waals surface area contributed by atoms with Crippen molar-refractivity contribution < 1.29 is 14.7 Å². The monoisotopic (exact) mass is 383 g/mol. The summed E-state index contributed by atoms with van der Waals surface area (Å²) in [5, 5.41) is 12.3. The third-order valence-corrected chi connectivity index (χ3v) is 5.56. The molecule has 1 amide bonds. The van der Waals surface area contributed by atoms with Crippen molar-refractivity contribution in [3.63, 3.8) is 0 Å². The maximum atomic E-state index is 12.4. The fourth-order valence-electron chi connectivity index (χ4n) is 3.87. The molecule has 28 heavy (non-hydrogen) atoms. The van der Waals surface area contributed by atoms with E-state index in [1.54, 1.807) is 24.7 Å². The molecule has 150 valence electrons. The molecule has 1 aliphatic rings. The fraction of sp³-hybridized carbons (Fsp3) is 0.455. The third-order valence-electron chi connectivity index (χ3n) is 5.56. The van der Waals surface area contributed by atoms with Crippen molar-refractivity contribution in [3.8, 4) is 0 Å². The Labute approximate surface area is 166 Å². The molecule has 0 saturated carbocycles. The summed E-state index contributed by atoms with van der Waals surface area (Å²) in [5.41, 5.74) is 3.35. The number of aromatic nitrogens is 1. The molecule has 6 nitrogen and oxygen atoms in total. The first-order valence-electron chi connectivity index (χ1n) is 9.82. The van der Waals surface area contributed by atoms with Gasteiger partial charge in [0.2, 0.25) is 5.91 Å². The molecule has 1 fully saturated rings. The molecule has 0 radical (unpaired) electrons. The number of aromatic carboxylic acids is 1. The summed E-state index contributed by atoms with van der Waals surface area (Å²) in [6.07, 6.45) is 4.28. The predicted octanol–water partition coefficient (Wildman–Crippen LogP) is 3.44. The molecule has 0 unspecified atom stereocenters. The first kappa shape index (κ1) is 20.1. The van der Waals surface area contributed by atoms with Crippen LogP contribution >= 0.6 is 0 Å². The lowest BCUT2D eigenvalue weighted by molar-refractivity contribution is -0.115. The Morgan fingerprint density at radius 2 is 1.82 bits per heavy atom. The smallest absolute Gasteiger partial charge is 0.337 e. The van der Waals surface area contributed by atoms with Crippen LogP contribution in [-0.2, 0) is 24.8 Å². The van der Waals surface area contributed by atoms with Gasteiger partial charge < -0.3 is 15.0 Å². The molecular weight excluding hydrogens is 354 g/mol. The van der Waals surface area contributed by atoms with Crippen LogP contribution in [-0.4, -0.2) is 39.5 Å². The largest absolute Gasteiger partial charge is 0.478 e. The molecule has 0 atom stereocenters. The van der Waals surface area contributed by atoms with Gasteiger partial charge in [0.25, 0.3) is 0 Å². The number of carbonyl (C=O) groups is 2. The molecule has 1 aromatic heterocycles. The number of likely N-dealkylation sites (tertiary alicyclic amines) is 1. The summed E-state index contributed by atoms with van der Waals surface area (Å²) >= 11 is 0. The van der Waals surface area contributed by atoms with Gasteiger partial charge >= 0.3 is 5.97 Å². The highest BCUT2D eigenvalue weighted by molar-refractivity contribution is 5.96. The van der Waals surface area contributed by atoms with Gasteiger partial charge in [-0.1, -0.05) is 19.1 Å². The molecule has 3 rings (SSSR count). The van der Waals surface area contributed by atoms with E-state index in [0.29, 0.717) is 11.3 Å². The van der Waals surface area contributed by atoms with E-state index in [1.807, 2.05) is 24.3 Å². The molecule has 2 aromatic rings. The maximum absolute atomic E-state index is 12.4. The number of hydrogen-bond donors (Lipinski definition) is 2. The van der Waals surface area contributed by atoms with Crippen molar-refractivity contribution in [1.29, 1.82) is 0 Å². The van der Waals surface area contributed by atoms with Crippen LogP contribution in [0.2, 0.25) is 0 Å². The van der Waals surface area contributed by atoms with Gasteiger partial charge in [-0.3, -0.25) is 9.69 Å². The molecule has 0 spiro atoms. The first-order chi connectivity index (χ1) is 13.3. The SMILES string of the molecule is Cc1cn(C)c(CC(=O)Nc2ccc(CN3CCC(C)CC3)cc2)c1C(=O)O. The number of anilines is 1. The highest BCUT2D eigenvalue weighted by atomic mass is 16.4. The van der Waals surface area contributed by atoms with Gasteiger partial charge in [0, 0.05) is 31.2 Å². The Bertz CT molecular complexity index is 847. The van der Waals surface area contributed by atoms with E-state index in [4.69, 9.17) is 0 Å². The van der Waals surface area contributed by atoms with E-state index in [0.717, 1.165) is 31.2 Å². The maximum Gasteiger partial charge on any atom is 0.337 e. The topological polar surface area (TPSA) is 74.6 Å². The summed E-state index contributed by atoms with van der Waals surface area (Å²) < 4.78 is 1.71. The van der Waals surface area contributed by atoms with Crippen LogP contribution in [0.4, 0.5) is 5.69 Å². The molecule has 1 aliphatic heterocycles. The summed E-state index contributed by atoms with van der Waals surface area (Å²) in [7, 11) is 1.76. The minimum Gasteiger partial charge on any atom is -0.478 e. The van der Waals surface area contributed by atoms with Gasteiger partial charge in [-0.2, -0.15) is 0 Å². The summed E-state index contributed by atoms with van der Waals surface area (Å²) in [4.78, 5) is 26.4. The van der Waals surface area contributed by atoms with E-state index < -0.39 is 5.97 Å². The second-order valence-electron chi connectivity index (χ2n) is 7.93. The van der Waals surface area contributed by atoms with Crippen LogP contribution in [0.15, 0.2) is 30.5 Å². The zero-order chi connectivity index (χ0) is 20.3. The van der Waals surface area contributed by atoms with Crippen LogP contribution in [0.25, 0.3) is 0 Å². The lowest BCUT2D eigenvalue weighted by atomic mass is 9.99. The predicted molar refractivity (Wildman–Crippen MR) is 110 cm³/mol. The van der Waals surface area contributed by atoms with Crippen LogP contribution in [0, 0.1) is 12.8 Å². The average molecular weight is 383 g/mol. The van der Waals surface area contributed by atoms with Crippen LogP contribution in [0.5, 0.6) is 0 Å². The molecule has 6 heteroatoms. The number of carboxylic acid groups (broad SMARTS) is 1. The minimum absolute atomic E-state index is 0.0275. The van der Waals surface area contributed by atoms with Gasteiger partial charge in [0.15, 0.2) is 0 Å². The van der Waals surface area contributed by atoms with Crippen LogP contribution < -0.4 is 5.32 Å². The Balaban J connectivity index is 1.58. The van der Waals surface area contributed by atoms with Gasteiger partial charge in [-0.25, -0.2) is 4.79 Å². The average Bonchev–Trinajstić information content (AvgIpc) is 2.92. The Hall–Kier alpha value is -2.60. The molecule has 2 N–H and O–H groups in total. The van der Waals surface area contributed by atoms with Crippen molar-refractivity contribution in [3.05, 3.63) is 52.8 Å². The van der Waals surface area contributed by atoms with E-state index in [9.17, 15) is 14.7 Å². The van der Waals surface area contributed by atoms with Crippen molar-refractivity contribution in [2.75, 3.05) is 18.4 Å². The van der Waals surface area contributed by atoms with Gasteiger partial charge in [0.05, 0.1) is 12.0 Å². The second kappa shape index (κ2) is 8.61. The Morgan fingerprint density at radius 1 is 1.18 bits per heavy atom. The Kier molecular flexibility index (Phi) is 6.19. The molecule has 1 saturated heterocycles. The quantitative estimate of drug-likeness (QED) is 0.801. The molecule has 2 heterocycles. The van der Waals surface area contributed by atoms with Gasteiger partial charge in [0.1, 0.15) is 0 Å². The number of rotatable bonds is 6. The lowest BCUT2D eigenvalue weighted by Gasteiger charge is -2.30. The van der Waals surface area contributed by atoms with Crippen LogP contribution in [0.1, 0.15) is 46.9 Å². The number of carboxylic acids is 1. The highest BCUT2D eigenvalue weighted by Gasteiger charge is 2.20. The van der Waals surface area contributed by atoms with Crippen LogP contribution in [0.3, 0.4) is 0 Å². The summed E-state index contributed by atoms with van der Waals surface area (Å²) in [6.45, 7) is 7.27. The standard InChI is InChI=1S/C22H29N3O3/c1-15-8-10-25(11-9-15)14-17-4-6-18(7-5-17)23-20(26)12-19-21(22(27)28)16(2)13-24(19)3/h4-7,13,15H,8-12,14H2,1-3H3,(H,23,26)(H,27,28). The van der Waals surface area contributed by atoms with Crippen molar-refractivity contribution >= 4 is 17.6 Å². The zero-order valence-corrected chi connectivity index (χ0v) is 16.9. The highest BCUT2D eigenvalue weighted by Crippen LogP contribution is 2.20. The molecule has 1 aromatic carbocycles. The number of carbonyl (C=O) groups excluding carboxylic acids is 1. The van der Waals surface area contributed by atoms with Gasteiger partial charge in [-0.05, 0) is 62.0 Å². The number of amides is 1. The van der Waals surface area contributed by atoms with Crippen molar-refractivity contribution in [2.24, 2.45) is 13.0 Å². The minimum atomic E-state index is -1.00. The lowest BCUT2D eigenvalue weighted by Crippen LogP contribution is -2.32. The van der Waals surface area contributed by atoms with Crippen molar-refractivity contribution in [2.45, 2.75) is 39.7 Å². The second-order valence-corrected chi connectivity index (χ2v) is 7.93. The van der Waals surface area contributed by atoms with Crippen molar-refractivity contribution in [1.82, 2.24) is 9.47 Å². The zero-order valence-electron chi connectivity index (χ0n) is 16.9. The number of piperidine rings is 1. The Morgan fingerprint density at radius 3 is 2.43 bits per heavy atom. The summed E-state index contributed by atoms with van der Waals surface area (Å²) in [6, 6.07) is 7.91. The number of nitrogens with one attached hydrogen (secondary N) is 1. The van der Waals surface area contributed by atoms with Gasteiger partial charge in [-0.15, -0.1) is 0 Å². The molecule has 0 bridgehead atoms.